The average Bonchev–Trinajstić information content (AvgIpc) is 3.80. The van der Waals surface area contributed by atoms with Crippen LogP contribution in [0.25, 0.3) is 11.2 Å². The zero-order valence-corrected chi connectivity index (χ0v) is 34.5. The van der Waals surface area contributed by atoms with Crippen LogP contribution in [0.2, 0.25) is 0 Å². The molecule has 2 fully saturated rings. The van der Waals surface area contributed by atoms with E-state index in [0.717, 1.165) is 4.57 Å². The molecular formula is C29H46N10O14P2S2. The Bertz CT molecular complexity index is 2020. The minimum absolute atomic E-state index is 0.0391. The molecule has 11 N–H and O–H groups in total. The molecule has 0 aromatic carbocycles. The third kappa shape index (κ3) is 12.1. The first-order valence-corrected chi connectivity index (χ1v) is 22.5. The lowest BCUT2D eigenvalue weighted by Gasteiger charge is -2.26. The van der Waals surface area contributed by atoms with Gasteiger partial charge in [0.1, 0.15) is 54.3 Å². The lowest BCUT2D eigenvalue weighted by molar-refractivity contribution is -0.158. The number of rotatable bonds is 18. The summed E-state index contributed by atoms with van der Waals surface area (Å²) >= 11 is 0. The van der Waals surface area contributed by atoms with E-state index in [-0.39, 0.29) is 45.6 Å². The largest absolute Gasteiger partial charge is 0.472 e. The Balaban J connectivity index is 1.34. The van der Waals surface area contributed by atoms with Crippen LogP contribution in [-0.2, 0) is 41.7 Å². The third-order valence-corrected chi connectivity index (χ3v) is 13.7. The van der Waals surface area contributed by atoms with Crippen molar-refractivity contribution < 1.29 is 61.5 Å². The van der Waals surface area contributed by atoms with Crippen LogP contribution < -0.4 is 28.2 Å². The van der Waals surface area contributed by atoms with Gasteiger partial charge < -0.3 is 56.5 Å². The summed E-state index contributed by atoms with van der Waals surface area (Å²) in [5, 5.41) is 14.5. The topological polar surface area (TPSA) is 356 Å². The van der Waals surface area contributed by atoms with Crippen molar-refractivity contribution in [3.63, 3.8) is 0 Å². The minimum Gasteiger partial charge on any atom is -0.455 e. The lowest BCUT2D eigenvalue weighted by Crippen LogP contribution is -2.44. The molecule has 318 valence electrons. The number of aliphatic hydroxyl groups is 1. The van der Waals surface area contributed by atoms with Crippen LogP contribution in [0.3, 0.4) is 0 Å². The molecule has 2 aliphatic heterocycles. The molecule has 2 unspecified atom stereocenters. The first-order valence-electron chi connectivity index (χ1n) is 17.2. The zero-order chi connectivity index (χ0) is 41.9. The van der Waals surface area contributed by atoms with Crippen molar-refractivity contribution in [3.8, 4) is 0 Å². The number of nitrogens with one attached hydrogen (secondary N) is 1. The zero-order valence-electron chi connectivity index (χ0n) is 31.0. The monoisotopic (exact) mass is 884 g/mol. The molecule has 0 bridgehead atoms. The number of ether oxygens (including phenoxy) is 3. The molecular weight excluding hydrogens is 838 g/mol. The standard InChI is InChI=1S/C29H46N10O14P2S2/c1-29(2,3)57-56-14(9-33-4)7-15(30)27(41)52-23-18(51-26(22(23)40)39-13-36-21-24(32)34-12-35-25(21)39)11-49-55(46,47)53-16-8-20(38-6-5-19(31)37-28(38)42)50-17(16)10-48-54(43,44)45/h5-6,12-18,20,22-23,26,33,40H,7-11,30H2,1-4H3,(H,46,47)(H2,31,37,42)(H2,32,34,35)(H2,43,44,45)/t14?,15-,16-,17+,18+,20+,22+,23+,26+/m0/s1. The summed E-state index contributed by atoms with van der Waals surface area (Å²) < 4.78 is 59.9. The van der Waals surface area contributed by atoms with Gasteiger partial charge in [-0.3, -0.25) is 27.5 Å². The molecule has 3 aromatic heterocycles. The number of fused-ring (bicyclic) bond motifs is 1. The number of esters is 1. The van der Waals surface area contributed by atoms with Gasteiger partial charge in [-0.2, -0.15) is 4.98 Å². The molecule has 2 saturated heterocycles. The highest BCUT2D eigenvalue weighted by Gasteiger charge is 2.50. The summed E-state index contributed by atoms with van der Waals surface area (Å²) in [6.07, 6.45) is -6.42. The van der Waals surface area contributed by atoms with Crippen molar-refractivity contribution in [2.75, 3.05) is 38.3 Å². The maximum Gasteiger partial charge on any atom is 0.472 e. The fourth-order valence-corrected chi connectivity index (χ4v) is 9.76. The van der Waals surface area contributed by atoms with Gasteiger partial charge in [-0.1, -0.05) is 42.4 Å². The van der Waals surface area contributed by atoms with Crippen LogP contribution in [0.4, 0.5) is 11.6 Å². The Labute approximate surface area is 333 Å². The highest BCUT2D eigenvalue weighted by molar-refractivity contribution is 8.77. The Kier molecular flexibility index (Phi) is 14.8. The quantitative estimate of drug-likeness (QED) is 0.0466. The van der Waals surface area contributed by atoms with Gasteiger partial charge in [-0.25, -0.2) is 28.9 Å². The van der Waals surface area contributed by atoms with Gasteiger partial charge in [0.2, 0.25) is 0 Å². The molecule has 5 heterocycles. The fourth-order valence-electron chi connectivity index (χ4n) is 5.80. The number of carbonyl (C=O) groups excluding carboxylic acids is 1. The molecule has 24 nitrogen and oxygen atoms in total. The van der Waals surface area contributed by atoms with E-state index in [9.17, 15) is 38.5 Å². The lowest BCUT2D eigenvalue weighted by atomic mass is 10.1. The number of nitrogens with two attached hydrogens (primary N) is 3. The summed E-state index contributed by atoms with van der Waals surface area (Å²) in [6, 6.07) is 0.143. The van der Waals surface area contributed by atoms with Crippen LogP contribution in [0, 0.1) is 0 Å². The number of hydrogen-bond acceptors (Lipinski definition) is 21. The number of imidazole rings is 1. The second-order valence-corrected chi connectivity index (χ2v) is 19.9. The van der Waals surface area contributed by atoms with Gasteiger partial charge in [0.15, 0.2) is 23.8 Å². The second-order valence-electron chi connectivity index (χ2n) is 14.0. The normalized spacial score (nSPS) is 26.4. The van der Waals surface area contributed by atoms with Crippen molar-refractivity contribution in [1.29, 1.82) is 0 Å². The van der Waals surface area contributed by atoms with E-state index < -0.39 is 89.5 Å². The molecule has 0 amide bonds. The van der Waals surface area contributed by atoms with Crippen LogP contribution in [0.5, 0.6) is 0 Å². The van der Waals surface area contributed by atoms with Crippen molar-refractivity contribution in [1.82, 2.24) is 34.4 Å². The maximum atomic E-state index is 13.5. The highest BCUT2D eigenvalue weighted by atomic mass is 33.1. The number of carbonyl (C=O) groups is 1. The number of hydrogen-bond donors (Lipinski definition) is 8. The predicted molar refractivity (Wildman–Crippen MR) is 205 cm³/mol. The number of nitrogens with zero attached hydrogens (tertiary/aromatic N) is 6. The van der Waals surface area contributed by atoms with Gasteiger partial charge in [0, 0.05) is 29.2 Å². The van der Waals surface area contributed by atoms with Crippen molar-refractivity contribution in [2.45, 2.75) is 92.6 Å². The first kappa shape index (κ1) is 45.3. The molecule has 0 saturated carbocycles. The smallest absolute Gasteiger partial charge is 0.455 e. The number of phosphoric acid groups is 2. The van der Waals surface area contributed by atoms with Crippen LogP contribution in [0.15, 0.2) is 29.7 Å². The predicted octanol–water partition coefficient (Wildman–Crippen LogP) is -0.198. The minimum atomic E-state index is -5.15. The van der Waals surface area contributed by atoms with Crippen LogP contribution in [-0.4, -0.2) is 128 Å². The SMILES string of the molecule is CNCC(C[C@H](N)C(=O)O[C@H]1[C@@H](O)[C@H](n2cnc3c(N)ncnc32)O[C@@H]1COP(=O)(O)O[C@H]1C[C@H](n2ccc(N)nc2=O)O[C@@H]1COP(=O)(O)O)SSC(C)(C)C. The van der Waals surface area contributed by atoms with E-state index in [1.807, 2.05) is 0 Å². The van der Waals surface area contributed by atoms with Gasteiger partial charge >= 0.3 is 27.3 Å². The van der Waals surface area contributed by atoms with Crippen molar-refractivity contribution >= 4 is 66.0 Å². The summed E-state index contributed by atoms with van der Waals surface area (Å²) in [5.41, 5.74) is 17.3. The average molecular weight is 885 g/mol. The van der Waals surface area contributed by atoms with Gasteiger partial charge in [0.05, 0.1) is 19.5 Å². The summed E-state index contributed by atoms with van der Waals surface area (Å²) in [6.45, 7) is 5.04. The fraction of sp³-hybridized carbons (Fsp3) is 0.655. The van der Waals surface area contributed by atoms with Crippen molar-refractivity contribution in [2.24, 2.45) is 5.73 Å². The molecule has 28 heteroatoms. The molecule has 2 aliphatic rings. The Hall–Kier alpha value is -2.78. The van der Waals surface area contributed by atoms with E-state index in [1.165, 1.54) is 29.5 Å². The molecule has 10 atom stereocenters. The van der Waals surface area contributed by atoms with Crippen LogP contribution >= 0.6 is 37.2 Å². The third-order valence-electron chi connectivity index (χ3n) is 8.33. The summed E-state index contributed by atoms with van der Waals surface area (Å²) in [7, 11) is -5.25. The van der Waals surface area contributed by atoms with E-state index in [0.29, 0.717) is 6.54 Å². The van der Waals surface area contributed by atoms with E-state index in [1.54, 1.807) is 28.6 Å². The molecule has 0 aliphatic carbocycles. The Morgan fingerprint density at radius 3 is 2.49 bits per heavy atom. The molecule has 5 rings (SSSR count). The number of anilines is 2. The molecule has 0 radical (unpaired) electrons. The van der Waals surface area contributed by atoms with Gasteiger partial charge in [0.25, 0.3) is 0 Å². The summed E-state index contributed by atoms with van der Waals surface area (Å²) in [5.74, 6) is -0.942. The van der Waals surface area contributed by atoms with E-state index in [4.69, 9.17) is 40.5 Å². The summed E-state index contributed by atoms with van der Waals surface area (Å²) in [4.78, 5) is 71.2. The number of aliphatic hydroxyl groups excluding tert-OH is 1. The number of aromatic nitrogens is 6. The van der Waals surface area contributed by atoms with Crippen LogP contribution in [0.1, 0.15) is 46.1 Å². The Morgan fingerprint density at radius 1 is 1.11 bits per heavy atom. The Morgan fingerprint density at radius 2 is 1.82 bits per heavy atom. The van der Waals surface area contributed by atoms with Crippen molar-refractivity contribution in [3.05, 3.63) is 35.4 Å². The number of phosphoric ester groups is 2. The maximum absolute atomic E-state index is 13.5. The molecule has 0 spiro atoms. The van der Waals surface area contributed by atoms with E-state index >= 15 is 0 Å². The van der Waals surface area contributed by atoms with E-state index in [2.05, 4.69) is 50.5 Å². The highest BCUT2D eigenvalue weighted by Crippen LogP contribution is 2.50. The van der Waals surface area contributed by atoms with Gasteiger partial charge in [-0.05, 0) is 19.5 Å². The second kappa shape index (κ2) is 18.6. The number of nitrogen functional groups attached to an aromatic ring is 2. The molecule has 57 heavy (non-hydrogen) atoms. The van der Waals surface area contributed by atoms with Gasteiger partial charge in [-0.15, -0.1) is 0 Å². The molecule has 3 aromatic rings. The first-order chi connectivity index (χ1) is 26.6.